The third-order valence-electron chi connectivity index (χ3n) is 15.8. The Labute approximate surface area is 545 Å². The first-order valence-electron chi connectivity index (χ1n) is 29.4. The molecule has 3 unspecified atom stereocenters. The maximum atomic E-state index is 14.0. The zero-order chi connectivity index (χ0) is 69.5. The highest BCUT2D eigenvalue weighted by molar-refractivity contribution is 8.00. The molecule has 0 saturated carbocycles. The molecular formula is C62H59F2N11O20S. The van der Waals surface area contributed by atoms with Crippen LogP contribution in [0.2, 0.25) is 0 Å². The number of phenols is 2. The van der Waals surface area contributed by atoms with Gasteiger partial charge in [-0.05, 0) is 74.3 Å². The first kappa shape index (κ1) is 69.0. The minimum atomic E-state index is -3.29. The van der Waals surface area contributed by atoms with E-state index in [0.29, 0.717) is 27.8 Å². The van der Waals surface area contributed by atoms with E-state index >= 15 is 0 Å². The van der Waals surface area contributed by atoms with Crippen LogP contribution in [0.25, 0.3) is 10.9 Å². The molecule has 5 heterocycles. The molecule has 13 N–H and O–H groups in total. The summed E-state index contributed by atoms with van der Waals surface area (Å²) in [5.41, 5.74) is 4.78. The maximum absolute atomic E-state index is 14.0. The highest BCUT2D eigenvalue weighted by atomic mass is 32.2. The fraction of sp³-hybridized carbons (Fsp3) is 0.339. The van der Waals surface area contributed by atoms with Crippen molar-refractivity contribution in [2.24, 2.45) is 5.73 Å². The molecule has 0 bridgehead atoms. The van der Waals surface area contributed by atoms with Crippen molar-refractivity contribution in [3.63, 3.8) is 0 Å². The van der Waals surface area contributed by atoms with Crippen molar-refractivity contribution >= 4 is 111 Å². The highest BCUT2D eigenvalue weighted by Crippen LogP contribution is 2.57. The number of imide groups is 1. The van der Waals surface area contributed by atoms with E-state index in [1.54, 1.807) is 6.07 Å². The molecule has 4 aliphatic rings. The van der Waals surface area contributed by atoms with Gasteiger partial charge >= 0.3 is 23.9 Å². The number of nitrogens with two attached hydrogens (primary N) is 1. The van der Waals surface area contributed by atoms with Crippen molar-refractivity contribution in [3.8, 4) is 29.1 Å². The Kier molecular flexibility index (Phi) is 20.8. The number of hydrogen-bond acceptors (Lipinski definition) is 21. The number of halogens is 2. The van der Waals surface area contributed by atoms with E-state index in [0.717, 1.165) is 4.90 Å². The maximum Gasteiger partial charge on any atom is 0.340 e. The quantitative estimate of drug-likeness (QED) is 0.0202. The summed E-state index contributed by atoms with van der Waals surface area (Å²) in [5, 5.41) is 72.1. The number of nitriles is 1. The molecule has 6 atom stereocenters. The number of aromatic nitrogens is 1. The summed E-state index contributed by atoms with van der Waals surface area (Å²) in [4.78, 5) is 178. The van der Waals surface area contributed by atoms with E-state index in [1.165, 1.54) is 85.1 Å². The van der Waals surface area contributed by atoms with Gasteiger partial charge in [-0.2, -0.15) is 5.26 Å². The molecule has 502 valence electrons. The van der Waals surface area contributed by atoms with Gasteiger partial charge in [0.05, 0.1) is 65.3 Å². The molecular weight excluding hydrogens is 1290 g/mol. The number of carboxylic acids is 3. The number of aliphatic carboxylic acids is 3. The van der Waals surface area contributed by atoms with Crippen LogP contribution in [-0.2, 0) is 63.1 Å². The number of alkyl halides is 2. The fourth-order valence-electron chi connectivity index (χ4n) is 11.3. The van der Waals surface area contributed by atoms with Crippen LogP contribution in [0.3, 0.4) is 0 Å². The number of carbonyl (C=O) groups is 13. The predicted molar refractivity (Wildman–Crippen MR) is 327 cm³/mol. The number of amides is 9. The number of nitrogens with zero attached hydrogens (tertiary/aromatic N) is 4. The van der Waals surface area contributed by atoms with Gasteiger partial charge in [-0.1, -0.05) is 18.2 Å². The number of esters is 1. The fourth-order valence-corrected chi connectivity index (χ4v) is 12.5. The molecule has 1 aromatic heterocycles. The Hall–Kier alpha value is -11.3. The number of carbonyl (C=O) groups excluding carboxylic acids is 10. The number of fused-ring (bicyclic) bond motifs is 7. The summed E-state index contributed by atoms with van der Waals surface area (Å²) in [6.45, 7) is -1.65. The largest absolute Gasteiger partial charge is 0.508 e. The van der Waals surface area contributed by atoms with Gasteiger partial charge in [0.25, 0.3) is 11.8 Å². The lowest BCUT2D eigenvalue weighted by molar-refractivity contribution is -0.143. The van der Waals surface area contributed by atoms with Gasteiger partial charge in [0.1, 0.15) is 53.2 Å². The first-order chi connectivity index (χ1) is 45.6. The van der Waals surface area contributed by atoms with Crippen LogP contribution in [0.4, 0.5) is 20.2 Å². The van der Waals surface area contributed by atoms with E-state index in [1.807, 2.05) is 0 Å². The van der Waals surface area contributed by atoms with Crippen molar-refractivity contribution < 1.29 is 106 Å². The van der Waals surface area contributed by atoms with E-state index in [2.05, 4.69) is 36.9 Å². The van der Waals surface area contributed by atoms with Crippen LogP contribution in [-0.4, -0.2) is 179 Å². The zero-order valence-electron chi connectivity index (χ0n) is 50.1. The number of pyridine rings is 1. The van der Waals surface area contributed by atoms with E-state index in [9.17, 15) is 102 Å². The molecule has 2 saturated heterocycles. The van der Waals surface area contributed by atoms with Gasteiger partial charge in [-0.25, -0.2) is 23.3 Å². The van der Waals surface area contributed by atoms with E-state index < -0.39 is 181 Å². The molecule has 96 heavy (non-hydrogen) atoms. The van der Waals surface area contributed by atoms with Crippen LogP contribution >= 0.6 is 11.8 Å². The lowest BCUT2D eigenvalue weighted by Gasteiger charge is -2.36. The molecule has 1 spiro atoms. The minimum Gasteiger partial charge on any atom is -0.508 e. The molecule has 9 amide bonds. The van der Waals surface area contributed by atoms with Gasteiger partial charge in [-0.15, -0.1) is 11.8 Å². The molecule has 0 aliphatic carbocycles. The van der Waals surface area contributed by atoms with Gasteiger partial charge in [0.15, 0.2) is 5.60 Å². The first-order valence-corrected chi connectivity index (χ1v) is 30.5. The standard InChI is InChI=1S/C62H59F2N11O20S/c63-61(64)24-30(25-66)74(28-61)50(81)26-68-54(86)34-15-17-67-53-33(34)4-3-6-39(53)69-47(78)13-14-48(79)70-41(21-51(82)83)56(88)71-40(5-1-2-16-65)55(87)72-42(22-52(84)85)57(89)73-43(59(91)92)27-96-46-23-49(80)75(58(46)90)29-7-10-36-35(18-29)60(93)95-62(36)37-11-8-31(76)19-44(37)94-45-20-32(77)9-12-38(45)62/h3-4,6-12,15,17-20,30,40-43,46,76-77H,1-2,5,13-14,16,21-24,26-28,65H2,(H,68,86)(H,69,78)(H,70,79)(H,71,88)(H,72,87)(H,73,89)(H,82,83)(H,84,85)(H,91,92)/t30?,40?,41-,42-,43-,46?/m0/s1. The summed E-state index contributed by atoms with van der Waals surface area (Å²) >= 11 is 0.639. The molecule has 2 fully saturated rings. The molecule has 31 nitrogen and oxygen atoms in total. The number of para-hydroxylation sites is 1. The molecule has 34 heteroatoms. The van der Waals surface area contributed by atoms with Crippen molar-refractivity contribution in [2.75, 3.05) is 35.6 Å². The number of carboxylic acid groups (broad SMARTS) is 3. The van der Waals surface area contributed by atoms with Crippen LogP contribution in [0.1, 0.15) is 95.2 Å². The Bertz CT molecular complexity index is 4060. The van der Waals surface area contributed by atoms with Crippen LogP contribution in [0, 0.1) is 11.3 Å². The van der Waals surface area contributed by atoms with Gasteiger partial charge in [0, 0.05) is 71.8 Å². The second-order valence-electron chi connectivity index (χ2n) is 22.5. The van der Waals surface area contributed by atoms with Crippen LogP contribution in [0.5, 0.6) is 23.0 Å². The summed E-state index contributed by atoms with van der Waals surface area (Å²) in [6, 6.07) is 10.6. The summed E-state index contributed by atoms with van der Waals surface area (Å²) in [5.74, 6) is -19.0. The second-order valence-corrected chi connectivity index (χ2v) is 23.7. The van der Waals surface area contributed by atoms with Crippen molar-refractivity contribution in [1.29, 1.82) is 5.26 Å². The summed E-state index contributed by atoms with van der Waals surface area (Å²) < 4.78 is 39.9. The number of anilines is 2. The minimum absolute atomic E-state index is 0.0414. The number of rotatable bonds is 27. The Morgan fingerprint density at radius 2 is 1.38 bits per heavy atom. The number of thioether (sulfide) groups is 1. The predicted octanol–water partition coefficient (Wildman–Crippen LogP) is 1.59. The zero-order valence-corrected chi connectivity index (χ0v) is 50.9. The van der Waals surface area contributed by atoms with E-state index in [-0.39, 0.29) is 87.8 Å². The average molecular weight is 1350 g/mol. The van der Waals surface area contributed by atoms with Gasteiger partial charge in [0.2, 0.25) is 47.3 Å². The number of aromatic hydroxyl groups is 2. The Morgan fingerprint density at radius 3 is 2.01 bits per heavy atom. The average Bonchev–Trinajstić information content (AvgIpc) is 1.46. The second kappa shape index (κ2) is 28.9. The molecule has 4 aliphatic heterocycles. The third kappa shape index (κ3) is 15.2. The summed E-state index contributed by atoms with van der Waals surface area (Å²) in [6.07, 6.45) is -3.55. The number of unbranched alkanes of at least 4 members (excludes halogenated alkanes) is 1. The van der Waals surface area contributed by atoms with Gasteiger partial charge in [-0.3, -0.25) is 57.7 Å². The number of ether oxygens (including phenoxy) is 2. The monoisotopic (exact) mass is 1350 g/mol. The van der Waals surface area contributed by atoms with Crippen molar-refractivity contribution in [3.05, 3.63) is 113 Å². The molecule has 5 aromatic rings. The SMILES string of the molecule is N#CC1CC(F)(F)CN1C(=O)CNC(=O)c1ccnc2c(NC(=O)CCC(=O)N[C@@H](CC(=O)O)C(=O)NC(CCCCN)C(=O)N[C@@H](CC(=O)O)C(=O)N[C@@H](CSC3CC(=O)N(c4ccc5c(c4)C(=O)OC54c5ccc(O)cc5Oc5cc(O)ccc54)C3=O)C(=O)O)cccc12. The highest BCUT2D eigenvalue weighted by Gasteiger charge is 2.55. The Balaban J connectivity index is 0.802. The number of nitrogens with one attached hydrogen (secondary N) is 6. The number of phenolic OH excluding ortho intramolecular Hbond substituents is 2. The van der Waals surface area contributed by atoms with Crippen LogP contribution < -0.4 is 47.3 Å². The van der Waals surface area contributed by atoms with Crippen molar-refractivity contribution in [2.45, 2.75) is 105 Å². The number of hydrogen-bond donors (Lipinski definition) is 12. The lowest BCUT2D eigenvalue weighted by atomic mass is 9.77. The lowest BCUT2D eigenvalue weighted by Crippen LogP contribution is -2.58. The topological polar surface area (TPSA) is 483 Å². The molecule has 9 rings (SSSR count). The molecule has 4 aromatic carbocycles. The smallest absolute Gasteiger partial charge is 0.340 e. The summed E-state index contributed by atoms with van der Waals surface area (Å²) in [7, 11) is 0. The third-order valence-corrected chi connectivity index (χ3v) is 17.1. The molecule has 0 radical (unpaired) electrons. The van der Waals surface area contributed by atoms with Gasteiger partial charge < -0.3 is 77.5 Å². The van der Waals surface area contributed by atoms with Crippen LogP contribution in [0.15, 0.2) is 85.1 Å². The van der Waals surface area contributed by atoms with Crippen molar-refractivity contribution in [1.82, 2.24) is 36.5 Å². The van der Waals surface area contributed by atoms with E-state index in [4.69, 9.17) is 15.2 Å². The number of benzene rings is 4. The number of likely N-dealkylation sites (tertiary alicyclic amines) is 1. The Morgan fingerprint density at radius 1 is 0.760 bits per heavy atom. The normalized spacial score (nSPS) is 17.4.